The van der Waals surface area contributed by atoms with Gasteiger partial charge >= 0.3 is 25.0 Å². The largest absolute Gasteiger partial charge is 1.00 e. The second-order valence-corrected chi connectivity index (χ2v) is 3.80. The van der Waals surface area contributed by atoms with Crippen LogP contribution in [0.5, 0.6) is 0 Å². The van der Waals surface area contributed by atoms with E-state index < -0.39 is 26.8 Å². The fourth-order valence-corrected chi connectivity index (χ4v) is 1.62. The molecule has 0 fully saturated rings. The van der Waals surface area contributed by atoms with Gasteiger partial charge in [0.1, 0.15) is 10.1 Å². The molecule has 0 bridgehead atoms. The Morgan fingerprint density at radius 1 is 1.13 bits per heavy atom. The summed E-state index contributed by atoms with van der Waals surface area (Å²) in [5.41, 5.74) is -1.44. The fraction of sp³-hybridized carbons (Fsp3) is 0.143. The van der Waals surface area contributed by atoms with E-state index in [1.54, 1.807) is 0 Å². The summed E-state index contributed by atoms with van der Waals surface area (Å²) < 4.78 is 67.9. The van der Waals surface area contributed by atoms with Gasteiger partial charge in [-0.05, 0) is 12.1 Å². The van der Waals surface area contributed by atoms with Crippen LogP contribution < -0.4 is 18.9 Å². The van der Waals surface area contributed by atoms with Gasteiger partial charge in [-0.1, -0.05) is 12.1 Å². The molecule has 0 aromatic heterocycles. The fourth-order valence-electron chi connectivity index (χ4n) is 0.919. The standard InChI is InChI=1S/C7H5F3O3S.Li/c8-7(9,10)5-3-1-2-4-6(5)14(11,12)13;/h1-4H,(H,11,12,13);/q;+1/p-1. The summed E-state index contributed by atoms with van der Waals surface area (Å²) in [6.45, 7) is 0. The van der Waals surface area contributed by atoms with Crippen molar-refractivity contribution in [2.24, 2.45) is 0 Å². The number of hydrogen-bond acceptors (Lipinski definition) is 3. The van der Waals surface area contributed by atoms with Crippen molar-refractivity contribution in [3.05, 3.63) is 29.8 Å². The van der Waals surface area contributed by atoms with E-state index in [0.29, 0.717) is 12.1 Å². The van der Waals surface area contributed by atoms with Crippen molar-refractivity contribution in [1.82, 2.24) is 0 Å². The molecular weight excluding hydrogens is 228 g/mol. The quantitative estimate of drug-likeness (QED) is 0.442. The second kappa shape index (κ2) is 4.57. The smallest absolute Gasteiger partial charge is 0.744 e. The molecule has 0 heterocycles. The van der Waals surface area contributed by atoms with Crippen LogP contribution in [-0.4, -0.2) is 13.0 Å². The maximum absolute atomic E-state index is 12.2. The molecule has 3 nitrogen and oxygen atoms in total. The van der Waals surface area contributed by atoms with E-state index in [-0.39, 0.29) is 18.9 Å². The summed E-state index contributed by atoms with van der Waals surface area (Å²) in [5, 5.41) is 0. The minimum Gasteiger partial charge on any atom is -0.744 e. The van der Waals surface area contributed by atoms with Gasteiger partial charge in [0.05, 0.1) is 10.5 Å². The molecule has 0 aliphatic rings. The topological polar surface area (TPSA) is 57.2 Å². The zero-order chi connectivity index (χ0) is 11.0. The molecule has 78 valence electrons. The van der Waals surface area contributed by atoms with Crippen molar-refractivity contribution in [3.63, 3.8) is 0 Å². The van der Waals surface area contributed by atoms with E-state index in [4.69, 9.17) is 0 Å². The van der Waals surface area contributed by atoms with Crippen LogP contribution in [0.3, 0.4) is 0 Å². The molecule has 1 aromatic rings. The van der Waals surface area contributed by atoms with Crippen LogP contribution in [0.2, 0.25) is 0 Å². The number of hydrogen-bond donors (Lipinski definition) is 0. The first-order valence-electron chi connectivity index (χ1n) is 3.35. The molecule has 0 aliphatic heterocycles. The van der Waals surface area contributed by atoms with Gasteiger partial charge in [-0.15, -0.1) is 0 Å². The second-order valence-electron chi connectivity index (χ2n) is 2.45. The Morgan fingerprint density at radius 2 is 1.60 bits per heavy atom. The molecule has 15 heavy (non-hydrogen) atoms. The van der Waals surface area contributed by atoms with Gasteiger partial charge in [-0.3, -0.25) is 0 Å². The van der Waals surface area contributed by atoms with Crippen LogP contribution in [0.1, 0.15) is 5.56 Å². The summed E-state index contributed by atoms with van der Waals surface area (Å²) in [6.07, 6.45) is -4.84. The molecule has 0 saturated carbocycles. The predicted octanol–water partition coefficient (Wildman–Crippen LogP) is -1.39. The first-order valence-corrected chi connectivity index (χ1v) is 4.76. The van der Waals surface area contributed by atoms with Crippen molar-refractivity contribution in [3.8, 4) is 0 Å². The van der Waals surface area contributed by atoms with E-state index in [9.17, 15) is 26.1 Å². The van der Waals surface area contributed by atoms with Gasteiger partial charge in [0.15, 0.2) is 0 Å². The number of halogens is 3. The van der Waals surface area contributed by atoms with Crippen LogP contribution in [0.4, 0.5) is 13.2 Å². The van der Waals surface area contributed by atoms with Crippen molar-refractivity contribution < 1.29 is 45.0 Å². The van der Waals surface area contributed by atoms with Crippen LogP contribution in [-0.2, 0) is 16.3 Å². The molecule has 0 spiro atoms. The number of benzene rings is 1. The van der Waals surface area contributed by atoms with Gasteiger partial charge in [0.25, 0.3) is 0 Å². The van der Waals surface area contributed by atoms with Gasteiger partial charge < -0.3 is 4.55 Å². The molecule has 0 atom stereocenters. The molecule has 0 aliphatic carbocycles. The van der Waals surface area contributed by atoms with E-state index >= 15 is 0 Å². The molecule has 8 heteroatoms. The van der Waals surface area contributed by atoms with Gasteiger partial charge in [-0.25, -0.2) is 8.42 Å². The Kier molecular flexibility index (Phi) is 4.43. The van der Waals surface area contributed by atoms with Crippen molar-refractivity contribution >= 4 is 10.1 Å². The molecule has 0 amide bonds. The minimum atomic E-state index is -5.09. The average Bonchev–Trinajstić information content (AvgIpc) is 2.01. The van der Waals surface area contributed by atoms with Crippen LogP contribution >= 0.6 is 0 Å². The first-order chi connectivity index (χ1) is 6.23. The summed E-state index contributed by atoms with van der Waals surface area (Å²) in [5.74, 6) is 0. The summed E-state index contributed by atoms with van der Waals surface area (Å²) in [7, 11) is -5.09. The van der Waals surface area contributed by atoms with Crippen molar-refractivity contribution in [1.29, 1.82) is 0 Å². The third-order valence-electron chi connectivity index (χ3n) is 1.46. The molecule has 0 N–H and O–H groups in total. The Bertz CT molecular complexity index is 441. The number of rotatable bonds is 1. The molecule has 1 rings (SSSR count). The first kappa shape index (κ1) is 14.5. The summed E-state index contributed by atoms with van der Waals surface area (Å²) in [4.78, 5) is -1.24. The minimum absolute atomic E-state index is 0. The predicted molar refractivity (Wildman–Crippen MR) is 39.4 cm³/mol. The third-order valence-corrected chi connectivity index (χ3v) is 2.36. The zero-order valence-electron chi connectivity index (χ0n) is 7.58. The van der Waals surface area contributed by atoms with Crippen LogP contribution in [0.15, 0.2) is 29.2 Å². The molecular formula is C7H4F3LiO3S. The van der Waals surface area contributed by atoms with E-state index in [0.717, 1.165) is 12.1 Å². The Morgan fingerprint density at radius 3 is 1.93 bits per heavy atom. The molecule has 0 unspecified atom stereocenters. The third kappa shape index (κ3) is 3.54. The monoisotopic (exact) mass is 232 g/mol. The van der Waals surface area contributed by atoms with Gasteiger partial charge in [-0.2, -0.15) is 13.2 Å². The Hall–Kier alpha value is -0.483. The van der Waals surface area contributed by atoms with Crippen LogP contribution in [0, 0.1) is 0 Å². The zero-order valence-corrected chi connectivity index (χ0v) is 8.39. The van der Waals surface area contributed by atoms with E-state index in [1.165, 1.54) is 0 Å². The Labute approximate surface area is 96.2 Å². The maximum Gasteiger partial charge on any atom is 1.00 e. The van der Waals surface area contributed by atoms with Crippen molar-refractivity contribution in [2.45, 2.75) is 11.1 Å². The average molecular weight is 232 g/mol. The van der Waals surface area contributed by atoms with Gasteiger partial charge in [0, 0.05) is 0 Å². The molecule has 0 saturated heterocycles. The molecule has 1 aromatic carbocycles. The van der Waals surface area contributed by atoms with Crippen LogP contribution in [0.25, 0.3) is 0 Å². The summed E-state index contributed by atoms with van der Waals surface area (Å²) in [6, 6.07) is 3.24. The van der Waals surface area contributed by atoms with Gasteiger partial charge in [0.2, 0.25) is 0 Å². The number of alkyl halides is 3. The van der Waals surface area contributed by atoms with E-state index in [1.807, 2.05) is 0 Å². The molecule has 0 radical (unpaired) electrons. The SMILES string of the molecule is O=S(=O)([O-])c1ccccc1C(F)(F)F.[Li+]. The van der Waals surface area contributed by atoms with E-state index in [2.05, 4.69) is 0 Å². The maximum atomic E-state index is 12.2. The normalized spacial score (nSPS) is 12.0. The Balaban J connectivity index is 0.00000196. The summed E-state index contributed by atoms with van der Waals surface area (Å²) >= 11 is 0. The van der Waals surface area contributed by atoms with Crippen molar-refractivity contribution in [2.75, 3.05) is 0 Å².